The van der Waals surface area contributed by atoms with Crippen molar-refractivity contribution in [3.8, 4) is 0 Å². The predicted octanol–water partition coefficient (Wildman–Crippen LogP) is 2.49. The lowest BCUT2D eigenvalue weighted by Gasteiger charge is -2.12. The fourth-order valence-electron chi connectivity index (χ4n) is 2.54. The molecule has 1 aromatic heterocycles. The number of halogens is 1. The third-order valence-corrected chi connectivity index (χ3v) is 4.02. The minimum absolute atomic E-state index is 0. The Morgan fingerprint density at radius 1 is 1.33 bits per heavy atom. The molecule has 0 bridgehead atoms. The normalized spacial score (nSPS) is 17.2. The summed E-state index contributed by atoms with van der Waals surface area (Å²) in [5, 5.41) is 10.6. The monoisotopic (exact) mass is 495 g/mol. The fraction of sp³-hybridized carbons (Fsp3) is 0.833. The van der Waals surface area contributed by atoms with Crippen molar-refractivity contribution < 1.29 is 14.0 Å². The van der Waals surface area contributed by atoms with E-state index >= 15 is 0 Å². The van der Waals surface area contributed by atoms with Gasteiger partial charge in [-0.25, -0.2) is 0 Å². The molecule has 1 saturated heterocycles. The number of aryl methyl sites for hydroxylation is 1. The summed E-state index contributed by atoms with van der Waals surface area (Å²) < 4.78 is 16.3. The molecule has 27 heavy (non-hydrogen) atoms. The van der Waals surface area contributed by atoms with Crippen LogP contribution in [0.1, 0.15) is 57.7 Å². The molecule has 2 rings (SSSR count). The second-order valence-corrected chi connectivity index (χ2v) is 6.70. The van der Waals surface area contributed by atoms with Crippen LogP contribution < -0.4 is 10.6 Å². The molecule has 0 saturated carbocycles. The van der Waals surface area contributed by atoms with Gasteiger partial charge < -0.3 is 24.6 Å². The maximum atomic E-state index is 5.76. The van der Waals surface area contributed by atoms with Gasteiger partial charge in [0.1, 0.15) is 0 Å². The van der Waals surface area contributed by atoms with Gasteiger partial charge in [-0.05, 0) is 26.2 Å². The molecule has 0 amide bonds. The standard InChI is InChI=1S/C18H33N5O3.HI/c1-4-19-18(21-10-6-11-25-15-8-12-24-13-15)20-9-5-7-16-22-17(14(2)3)23-26-16;/h14-15H,4-13H2,1-3H3,(H2,19,20,21);1H. The van der Waals surface area contributed by atoms with Crippen LogP contribution in [0, 0.1) is 0 Å². The molecule has 156 valence electrons. The summed E-state index contributed by atoms with van der Waals surface area (Å²) in [5.74, 6) is 2.59. The maximum absolute atomic E-state index is 5.76. The summed E-state index contributed by atoms with van der Waals surface area (Å²) in [6.07, 6.45) is 3.86. The Bertz CT molecular complexity index is 533. The van der Waals surface area contributed by atoms with Crippen molar-refractivity contribution in [2.75, 3.05) is 39.5 Å². The van der Waals surface area contributed by atoms with Crippen LogP contribution in [0.4, 0.5) is 0 Å². The molecule has 1 aliphatic rings. The van der Waals surface area contributed by atoms with Crippen LogP contribution in [-0.4, -0.2) is 61.7 Å². The first-order valence-corrected chi connectivity index (χ1v) is 9.73. The Labute approximate surface area is 179 Å². The second kappa shape index (κ2) is 14.1. The quantitative estimate of drug-likeness (QED) is 0.211. The molecular weight excluding hydrogens is 461 g/mol. The highest BCUT2D eigenvalue weighted by atomic mass is 127. The highest BCUT2D eigenvalue weighted by Crippen LogP contribution is 2.10. The molecule has 2 N–H and O–H groups in total. The van der Waals surface area contributed by atoms with Gasteiger partial charge in [-0.3, -0.25) is 4.99 Å². The molecule has 0 radical (unpaired) electrons. The lowest BCUT2D eigenvalue weighted by Crippen LogP contribution is -2.38. The van der Waals surface area contributed by atoms with E-state index in [1.807, 2.05) is 0 Å². The highest BCUT2D eigenvalue weighted by Gasteiger charge is 2.15. The number of nitrogens with one attached hydrogen (secondary N) is 2. The van der Waals surface area contributed by atoms with Gasteiger partial charge >= 0.3 is 0 Å². The molecule has 1 atom stereocenters. The number of ether oxygens (including phenoxy) is 2. The van der Waals surface area contributed by atoms with Crippen LogP contribution in [0.15, 0.2) is 9.52 Å². The van der Waals surface area contributed by atoms with Crippen molar-refractivity contribution in [2.45, 2.75) is 58.5 Å². The first-order chi connectivity index (χ1) is 12.7. The minimum atomic E-state index is 0. The van der Waals surface area contributed by atoms with Crippen molar-refractivity contribution in [2.24, 2.45) is 4.99 Å². The van der Waals surface area contributed by atoms with E-state index in [-0.39, 0.29) is 30.1 Å². The van der Waals surface area contributed by atoms with Gasteiger partial charge in [0.25, 0.3) is 0 Å². The van der Waals surface area contributed by atoms with Gasteiger partial charge in [-0.2, -0.15) is 4.98 Å². The molecular formula is C18H34IN5O3. The Hall–Kier alpha value is -0.940. The Balaban J connectivity index is 0.00000364. The first-order valence-electron chi connectivity index (χ1n) is 9.73. The van der Waals surface area contributed by atoms with Crippen molar-refractivity contribution >= 4 is 29.9 Å². The molecule has 2 heterocycles. The Morgan fingerprint density at radius 3 is 2.85 bits per heavy atom. The number of hydrogen-bond acceptors (Lipinski definition) is 6. The molecule has 8 nitrogen and oxygen atoms in total. The van der Waals surface area contributed by atoms with E-state index in [9.17, 15) is 0 Å². The van der Waals surface area contributed by atoms with Gasteiger partial charge in [0.15, 0.2) is 11.8 Å². The van der Waals surface area contributed by atoms with E-state index in [4.69, 9.17) is 14.0 Å². The Kier molecular flexibility index (Phi) is 12.6. The zero-order valence-corrected chi connectivity index (χ0v) is 19.0. The van der Waals surface area contributed by atoms with Gasteiger partial charge in [-0.1, -0.05) is 19.0 Å². The van der Waals surface area contributed by atoms with Gasteiger partial charge in [0.2, 0.25) is 5.89 Å². The van der Waals surface area contributed by atoms with Gasteiger partial charge in [0, 0.05) is 45.2 Å². The number of guanidine groups is 1. The van der Waals surface area contributed by atoms with Crippen LogP contribution in [0.2, 0.25) is 0 Å². The van der Waals surface area contributed by atoms with E-state index in [1.165, 1.54) is 0 Å². The van der Waals surface area contributed by atoms with Crippen LogP contribution in [0.3, 0.4) is 0 Å². The zero-order chi connectivity index (χ0) is 18.6. The van der Waals surface area contributed by atoms with Gasteiger partial charge in [0.05, 0.1) is 12.7 Å². The zero-order valence-electron chi connectivity index (χ0n) is 16.7. The number of nitrogens with zero attached hydrogens (tertiary/aromatic N) is 3. The summed E-state index contributed by atoms with van der Waals surface area (Å²) in [6.45, 7) is 10.9. The summed E-state index contributed by atoms with van der Waals surface area (Å²) >= 11 is 0. The smallest absolute Gasteiger partial charge is 0.226 e. The summed E-state index contributed by atoms with van der Waals surface area (Å²) in [5.41, 5.74) is 0. The van der Waals surface area contributed by atoms with Crippen molar-refractivity contribution in [3.05, 3.63) is 11.7 Å². The molecule has 1 aromatic rings. The van der Waals surface area contributed by atoms with E-state index in [0.29, 0.717) is 18.4 Å². The predicted molar refractivity (Wildman–Crippen MR) is 116 cm³/mol. The third-order valence-electron chi connectivity index (χ3n) is 4.02. The highest BCUT2D eigenvalue weighted by molar-refractivity contribution is 14.0. The van der Waals surface area contributed by atoms with E-state index in [0.717, 1.165) is 70.4 Å². The lowest BCUT2D eigenvalue weighted by molar-refractivity contribution is 0.0420. The summed E-state index contributed by atoms with van der Waals surface area (Å²) in [4.78, 5) is 8.97. The fourth-order valence-corrected chi connectivity index (χ4v) is 2.54. The minimum Gasteiger partial charge on any atom is -0.379 e. The molecule has 9 heteroatoms. The van der Waals surface area contributed by atoms with Crippen molar-refractivity contribution in [1.29, 1.82) is 0 Å². The van der Waals surface area contributed by atoms with E-state index in [2.05, 4.69) is 46.5 Å². The Morgan fingerprint density at radius 2 is 2.19 bits per heavy atom. The average Bonchev–Trinajstić information content (AvgIpc) is 3.30. The average molecular weight is 495 g/mol. The van der Waals surface area contributed by atoms with Crippen molar-refractivity contribution in [1.82, 2.24) is 20.8 Å². The summed E-state index contributed by atoms with van der Waals surface area (Å²) in [7, 11) is 0. The van der Waals surface area contributed by atoms with Gasteiger partial charge in [-0.15, -0.1) is 24.0 Å². The topological polar surface area (TPSA) is 93.8 Å². The maximum Gasteiger partial charge on any atom is 0.226 e. The number of hydrogen-bond donors (Lipinski definition) is 2. The second-order valence-electron chi connectivity index (χ2n) is 6.70. The summed E-state index contributed by atoms with van der Waals surface area (Å²) in [6, 6.07) is 0. The van der Waals surface area contributed by atoms with Crippen LogP contribution in [0.5, 0.6) is 0 Å². The lowest BCUT2D eigenvalue weighted by atomic mass is 10.2. The van der Waals surface area contributed by atoms with Crippen LogP contribution in [-0.2, 0) is 15.9 Å². The van der Waals surface area contributed by atoms with Crippen molar-refractivity contribution in [3.63, 3.8) is 0 Å². The largest absolute Gasteiger partial charge is 0.379 e. The molecule has 1 aliphatic heterocycles. The number of aromatic nitrogens is 2. The molecule has 1 fully saturated rings. The number of aliphatic imine (C=N–C) groups is 1. The molecule has 0 aliphatic carbocycles. The molecule has 1 unspecified atom stereocenters. The first kappa shape index (κ1) is 24.1. The van der Waals surface area contributed by atoms with Crippen LogP contribution in [0.25, 0.3) is 0 Å². The molecule has 0 spiro atoms. The third kappa shape index (κ3) is 9.70. The molecule has 0 aromatic carbocycles. The van der Waals surface area contributed by atoms with Crippen LogP contribution >= 0.6 is 24.0 Å². The SMILES string of the molecule is CCNC(=NCCCc1nc(C(C)C)no1)NCCCOC1CCOC1.I. The van der Waals surface area contributed by atoms with E-state index < -0.39 is 0 Å². The van der Waals surface area contributed by atoms with E-state index in [1.54, 1.807) is 0 Å². The number of rotatable bonds is 11.